The average Bonchev–Trinajstić information content (AvgIpc) is 2.96. The van der Waals surface area contributed by atoms with Gasteiger partial charge in [0, 0.05) is 6.42 Å². The van der Waals surface area contributed by atoms with E-state index in [1.165, 1.54) is 12.8 Å². The van der Waals surface area contributed by atoms with Gasteiger partial charge >= 0.3 is 5.97 Å². The van der Waals surface area contributed by atoms with Crippen LogP contribution in [-0.2, 0) is 9.53 Å². The number of aliphatic hydroxyl groups excluding tert-OH is 2. The van der Waals surface area contributed by atoms with Crippen molar-refractivity contribution in [3.63, 3.8) is 0 Å². The van der Waals surface area contributed by atoms with Gasteiger partial charge in [0.15, 0.2) is 0 Å². The van der Waals surface area contributed by atoms with Gasteiger partial charge in [-0.3, -0.25) is 4.79 Å². The highest BCUT2D eigenvalue weighted by atomic mass is 16.5. The fraction of sp³-hybridized carbons (Fsp3) is 0.864. The molecule has 4 heteroatoms. The average molecular weight is 369 g/mol. The molecule has 1 fully saturated rings. The summed E-state index contributed by atoms with van der Waals surface area (Å²) in [6, 6.07) is 0. The summed E-state index contributed by atoms with van der Waals surface area (Å²) in [5.74, 6) is 0.617. The topological polar surface area (TPSA) is 66.8 Å². The van der Waals surface area contributed by atoms with Crippen LogP contribution in [0.25, 0.3) is 0 Å². The van der Waals surface area contributed by atoms with E-state index in [-0.39, 0.29) is 18.2 Å². The van der Waals surface area contributed by atoms with Crippen molar-refractivity contribution in [1.82, 2.24) is 0 Å². The number of esters is 1. The van der Waals surface area contributed by atoms with E-state index in [4.69, 9.17) is 4.74 Å². The van der Waals surface area contributed by atoms with Gasteiger partial charge in [0.2, 0.25) is 0 Å². The van der Waals surface area contributed by atoms with Gasteiger partial charge in [0.05, 0.1) is 18.8 Å². The second kappa shape index (κ2) is 14.2. The Hall–Kier alpha value is -0.870. The minimum Gasteiger partial charge on any atom is -0.466 e. The lowest BCUT2D eigenvalue weighted by molar-refractivity contribution is -0.143. The molecule has 0 radical (unpaired) electrons. The first-order valence-electron chi connectivity index (χ1n) is 10.8. The molecule has 4 atom stereocenters. The maximum atomic E-state index is 11.3. The molecule has 0 aromatic heterocycles. The summed E-state index contributed by atoms with van der Waals surface area (Å²) in [7, 11) is 0. The third-order valence-corrected chi connectivity index (χ3v) is 5.50. The minimum atomic E-state index is -0.345. The second-order valence-corrected chi connectivity index (χ2v) is 7.68. The van der Waals surface area contributed by atoms with Gasteiger partial charge < -0.3 is 14.9 Å². The Morgan fingerprint density at radius 3 is 2.62 bits per heavy atom. The first-order chi connectivity index (χ1) is 12.6. The Balaban J connectivity index is 2.23. The summed E-state index contributed by atoms with van der Waals surface area (Å²) in [4.78, 5) is 11.3. The predicted molar refractivity (Wildman–Crippen MR) is 106 cm³/mol. The van der Waals surface area contributed by atoms with E-state index in [0.29, 0.717) is 24.9 Å². The smallest absolute Gasteiger partial charge is 0.305 e. The molecule has 1 unspecified atom stereocenters. The molecule has 2 N–H and O–H groups in total. The summed E-state index contributed by atoms with van der Waals surface area (Å²) in [6.45, 7) is 4.46. The van der Waals surface area contributed by atoms with Crippen molar-refractivity contribution in [2.75, 3.05) is 6.61 Å². The number of hydrogen-bond acceptors (Lipinski definition) is 4. The Morgan fingerprint density at radius 1 is 1.12 bits per heavy atom. The van der Waals surface area contributed by atoms with E-state index in [2.05, 4.69) is 13.0 Å². The number of unbranched alkanes of at least 4 members (excludes halogenated alkanes) is 5. The Kier molecular flexibility index (Phi) is 12.7. The van der Waals surface area contributed by atoms with E-state index in [1.54, 1.807) is 0 Å². The SMILES string of the molecule is CCCCCC(O)C=C[C@H]1CC[C@@H](O)[C@H]1CCCCCCC(=O)OCC. The number of ether oxygens (including phenoxy) is 1. The highest BCUT2D eigenvalue weighted by molar-refractivity contribution is 5.69. The van der Waals surface area contributed by atoms with Gasteiger partial charge in [-0.25, -0.2) is 0 Å². The summed E-state index contributed by atoms with van der Waals surface area (Å²) >= 11 is 0. The summed E-state index contributed by atoms with van der Waals surface area (Å²) in [5, 5.41) is 20.3. The molecule has 26 heavy (non-hydrogen) atoms. The van der Waals surface area contributed by atoms with Crippen LogP contribution in [0.4, 0.5) is 0 Å². The fourth-order valence-corrected chi connectivity index (χ4v) is 3.93. The molecule has 1 aliphatic rings. The maximum Gasteiger partial charge on any atom is 0.305 e. The van der Waals surface area contributed by atoms with Crippen molar-refractivity contribution in [3.05, 3.63) is 12.2 Å². The standard InChI is InChI=1S/C22H40O4/c1-3-5-8-11-19(23)16-14-18-15-17-21(24)20(18)12-9-6-7-10-13-22(25)26-4-2/h14,16,18-21,23-24H,3-13,15,17H2,1-2H3/t18-,19?,20-,21+/m0/s1. The van der Waals surface area contributed by atoms with Crippen LogP contribution >= 0.6 is 0 Å². The highest BCUT2D eigenvalue weighted by Crippen LogP contribution is 2.36. The fourth-order valence-electron chi connectivity index (χ4n) is 3.93. The minimum absolute atomic E-state index is 0.0959. The molecule has 0 saturated heterocycles. The van der Waals surface area contributed by atoms with Crippen molar-refractivity contribution in [2.45, 2.75) is 103 Å². The zero-order chi connectivity index (χ0) is 19.2. The molecule has 0 aliphatic heterocycles. The third kappa shape index (κ3) is 9.72. The Bertz CT molecular complexity index is 394. The molecule has 0 spiro atoms. The van der Waals surface area contributed by atoms with Gasteiger partial charge in [0.25, 0.3) is 0 Å². The van der Waals surface area contributed by atoms with E-state index in [9.17, 15) is 15.0 Å². The van der Waals surface area contributed by atoms with Crippen molar-refractivity contribution in [3.8, 4) is 0 Å². The quantitative estimate of drug-likeness (QED) is 0.263. The van der Waals surface area contributed by atoms with E-state index < -0.39 is 0 Å². The van der Waals surface area contributed by atoms with Crippen molar-refractivity contribution in [2.24, 2.45) is 11.8 Å². The molecule has 0 aromatic carbocycles. The molecule has 1 rings (SSSR count). The monoisotopic (exact) mass is 368 g/mol. The number of aliphatic hydroxyl groups is 2. The largest absolute Gasteiger partial charge is 0.466 e. The van der Waals surface area contributed by atoms with Crippen LogP contribution in [0.5, 0.6) is 0 Å². The molecular formula is C22H40O4. The lowest BCUT2D eigenvalue weighted by Crippen LogP contribution is -2.18. The highest BCUT2D eigenvalue weighted by Gasteiger charge is 2.32. The van der Waals surface area contributed by atoms with E-state index in [1.807, 2.05) is 13.0 Å². The number of carbonyl (C=O) groups is 1. The van der Waals surface area contributed by atoms with E-state index >= 15 is 0 Å². The Morgan fingerprint density at radius 2 is 1.88 bits per heavy atom. The first-order valence-corrected chi connectivity index (χ1v) is 10.8. The van der Waals surface area contributed by atoms with Crippen LogP contribution < -0.4 is 0 Å². The Labute approximate surface area is 160 Å². The van der Waals surface area contributed by atoms with Gasteiger partial charge in [-0.05, 0) is 50.9 Å². The summed E-state index contributed by atoms with van der Waals surface area (Å²) in [6.07, 6.45) is 15.4. The lowest BCUT2D eigenvalue weighted by Gasteiger charge is -2.20. The van der Waals surface area contributed by atoms with Crippen LogP contribution in [0.15, 0.2) is 12.2 Å². The molecular weight excluding hydrogens is 328 g/mol. The molecule has 1 saturated carbocycles. The van der Waals surface area contributed by atoms with Crippen LogP contribution in [0, 0.1) is 11.8 Å². The van der Waals surface area contributed by atoms with Gasteiger partial charge in [-0.1, -0.05) is 57.6 Å². The molecule has 152 valence electrons. The van der Waals surface area contributed by atoms with Crippen LogP contribution in [0.2, 0.25) is 0 Å². The number of rotatable bonds is 14. The van der Waals surface area contributed by atoms with Gasteiger partial charge in [0.1, 0.15) is 0 Å². The first kappa shape index (κ1) is 23.2. The lowest BCUT2D eigenvalue weighted by atomic mass is 9.88. The van der Waals surface area contributed by atoms with Crippen LogP contribution in [0.3, 0.4) is 0 Å². The molecule has 0 bridgehead atoms. The molecule has 1 aliphatic carbocycles. The number of hydrogen-bond donors (Lipinski definition) is 2. The molecule has 4 nitrogen and oxygen atoms in total. The summed E-state index contributed by atoms with van der Waals surface area (Å²) < 4.78 is 4.93. The molecule has 0 amide bonds. The predicted octanol–water partition coefficient (Wildman–Crippen LogP) is 4.77. The van der Waals surface area contributed by atoms with Crippen LogP contribution in [-0.4, -0.2) is 35.0 Å². The van der Waals surface area contributed by atoms with Crippen LogP contribution in [0.1, 0.15) is 90.9 Å². The second-order valence-electron chi connectivity index (χ2n) is 7.68. The number of carbonyl (C=O) groups excluding carboxylic acids is 1. The van der Waals surface area contributed by atoms with Crippen molar-refractivity contribution in [1.29, 1.82) is 0 Å². The molecule has 0 aromatic rings. The van der Waals surface area contributed by atoms with E-state index in [0.717, 1.165) is 57.8 Å². The summed E-state index contributed by atoms with van der Waals surface area (Å²) in [5.41, 5.74) is 0. The number of allylic oxidation sites excluding steroid dienone is 1. The third-order valence-electron chi connectivity index (χ3n) is 5.50. The van der Waals surface area contributed by atoms with Gasteiger partial charge in [-0.15, -0.1) is 0 Å². The normalized spacial score (nSPS) is 24.2. The van der Waals surface area contributed by atoms with Gasteiger partial charge in [-0.2, -0.15) is 0 Å². The zero-order valence-corrected chi connectivity index (χ0v) is 16.9. The zero-order valence-electron chi connectivity index (χ0n) is 16.9. The maximum absolute atomic E-state index is 11.3. The van der Waals surface area contributed by atoms with Crippen molar-refractivity contribution < 1.29 is 19.7 Å². The molecule has 0 heterocycles. The van der Waals surface area contributed by atoms with Crippen molar-refractivity contribution >= 4 is 5.97 Å².